The first kappa shape index (κ1) is 17.5. The van der Waals surface area contributed by atoms with Gasteiger partial charge >= 0.3 is 5.97 Å². The minimum Gasteiger partial charge on any atom is -0.465 e. The molecule has 1 fully saturated rings. The summed E-state index contributed by atoms with van der Waals surface area (Å²) in [7, 11) is 0. The summed E-state index contributed by atoms with van der Waals surface area (Å²) >= 11 is 0. The fraction of sp³-hybridized carbons (Fsp3) is 0.941. The second-order valence-corrected chi connectivity index (χ2v) is 7.87. The third-order valence-electron chi connectivity index (χ3n) is 5.22. The molecule has 0 radical (unpaired) electrons. The van der Waals surface area contributed by atoms with E-state index in [-0.39, 0.29) is 11.4 Å². The number of hydrogen-bond acceptors (Lipinski definition) is 3. The molecule has 0 saturated heterocycles. The maximum atomic E-state index is 12.2. The van der Waals surface area contributed by atoms with Gasteiger partial charge in [-0.2, -0.15) is 0 Å². The summed E-state index contributed by atoms with van der Waals surface area (Å²) in [6, 6.07) is 0. The summed E-state index contributed by atoms with van der Waals surface area (Å²) < 4.78 is 5.16. The molecule has 1 aliphatic carbocycles. The Morgan fingerprint density at radius 2 is 1.80 bits per heavy atom. The number of hydrogen-bond donors (Lipinski definition) is 1. The van der Waals surface area contributed by atoms with Gasteiger partial charge in [-0.25, -0.2) is 0 Å². The third kappa shape index (κ3) is 3.55. The quantitative estimate of drug-likeness (QED) is 0.631. The van der Waals surface area contributed by atoms with E-state index >= 15 is 0 Å². The normalized spacial score (nSPS) is 28.9. The van der Waals surface area contributed by atoms with Gasteiger partial charge in [0.05, 0.1) is 17.6 Å². The Morgan fingerprint density at radius 3 is 2.30 bits per heavy atom. The second-order valence-electron chi connectivity index (χ2n) is 7.87. The smallest absolute Gasteiger partial charge is 0.314 e. The third-order valence-corrected chi connectivity index (χ3v) is 5.22. The molecule has 0 spiro atoms. The Labute approximate surface area is 124 Å². The van der Waals surface area contributed by atoms with Crippen molar-refractivity contribution in [1.82, 2.24) is 0 Å². The molecule has 1 aliphatic rings. The van der Waals surface area contributed by atoms with Gasteiger partial charge in [-0.3, -0.25) is 4.79 Å². The molecule has 2 atom stereocenters. The Bertz CT molecular complexity index is 341. The van der Waals surface area contributed by atoms with Crippen molar-refractivity contribution in [2.45, 2.75) is 79.2 Å². The lowest BCUT2D eigenvalue weighted by Gasteiger charge is -2.40. The maximum Gasteiger partial charge on any atom is 0.314 e. The van der Waals surface area contributed by atoms with Gasteiger partial charge in [-0.05, 0) is 57.8 Å². The molecule has 1 saturated carbocycles. The highest BCUT2D eigenvalue weighted by atomic mass is 16.5. The summed E-state index contributed by atoms with van der Waals surface area (Å²) in [5, 5.41) is 11.1. The highest BCUT2D eigenvalue weighted by Crippen LogP contribution is 2.46. The number of esters is 1. The van der Waals surface area contributed by atoms with Crippen LogP contribution >= 0.6 is 0 Å². The van der Waals surface area contributed by atoms with E-state index in [4.69, 9.17) is 4.74 Å². The monoisotopic (exact) mass is 284 g/mol. The SMILES string of the molecule is CCOC(=O)C(C)(C)C1(O)CCCC(C(C)(C)C)CC1. The number of rotatable bonds is 3. The van der Waals surface area contributed by atoms with Crippen LogP contribution in [0.4, 0.5) is 0 Å². The highest BCUT2D eigenvalue weighted by Gasteiger charge is 2.50. The first-order chi connectivity index (χ1) is 9.04. The van der Waals surface area contributed by atoms with Crippen molar-refractivity contribution in [1.29, 1.82) is 0 Å². The topological polar surface area (TPSA) is 46.5 Å². The van der Waals surface area contributed by atoms with Crippen molar-refractivity contribution in [2.75, 3.05) is 6.61 Å². The van der Waals surface area contributed by atoms with Crippen molar-refractivity contribution < 1.29 is 14.6 Å². The van der Waals surface area contributed by atoms with E-state index in [1.54, 1.807) is 6.92 Å². The second kappa shape index (κ2) is 6.05. The van der Waals surface area contributed by atoms with Crippen molar-refractivity contribution >= 4 is 5.97 Å². The molecule has 118 valence electrons. The summed E-state index contributed by atoms with van der Waals surface area (Å²) in [5.41, 5.74) is -1.52. The summed E-state index contributed by atoms with van der Waals surface area (Å²) in [4.78, 5) is 12.2. The number of carbonyl (C=O) groups is 1. The van der Waals surface area contributed by atoms with Crippen molar-refractivity contribution in [3.8, 4) is 0 Å². The van der Waals surface area contributed by atoms with E-state index < -0.39 is 11.0 Å². The predicted octanol–water partition coefficient (Wildman–Crippen LogP) is 3.93. The summed E-state index contributed by atoms with van der Waals surface area (Å²) in [6.07, 6.45) is 4.45. The van der Waals surface area contributed by atoms with Gasteiger partial charge in [0.15, 0.2) is 0 Å². The molecule has 2 unspecified atom stereocenters. The first-order valence-electron chi connectivity index (χ1n) is 7.94. The fourth-order valence-corrected chi connectivity index (χ4v) is 3.32. The first-order valence-corrected chi connectivity index (χ1v) is 7.94. The predicted molar refractivity (Wildman–Crippen MR) is 81.4 cm³/mol. The molecule has 0 amide bonds. The summed E-state index contributed by atoms with van der Waals surface area (Å²) in [5.74, 6) is 0.325. The molecule has 0 aromatic rings. The van der Waals surface area contributed by atoms with Crippen LogP contribution in [0.25, 0.3) is 0 Å². The van der Waals surface area contributed by atoms with Gasteiger partial charge in [0.2, 0.25) is 0 Å². The highest BCUT2D eigenvalue weighted by molar-refractivity contribution is 5.77. The molecule has 1 rings (SSSR count). The van der Waals surface area contributed by atoms with Crippen LogP contribution in [0.2, 0.25) is 0 Å². The van der Waals surface area contributed by atoms with Gasteiger partial charge < -0.3 is 9.84 Å². The Kier molecular flexibility index (Phi) is 5.29. The van der Waals surface area contributed by atoms with E-state index in [9.17, 15) is 9.90 Å². The maximum absolute atomic E-state index is 12.2. The zero-order chi connectivity index (χ0) is 15.6. The van der Waals surface area contributed by atoms with Crippen molar-refractivity contribution in [3.63, 3.8) is 0 Å². The number of carbonyl (C=O) groups excluding carboxylic acids is 1. The summed E-state index contributed by atoms with van der Waals surface area (Å²) in [6.45, 7) is 12.6. The molecular formula is C17H32O3. The van der Waals surface area contributed by atoms with Crippen LogP contribution in [0, 0.1) is 16.7 Å². The van der Waals surface area contributed by atoms with E-state index in [2.05, 4.69) is 20.8 Å². The molecule has 0 aromatic carbocycles. The van der Waals surface area contributed by atoms with Gasteiger partial charge in [-0.15, -0.1) is 0 Å². The van der Waals surface area contributed by atoms with Crippen LogP contribution in [0.1, 0.15) is 73.6 Å². The molecule has 3 heteroatoms. The van der Waals surface area contributed by atoms with E-state index in [1.165, 1.54) is 0 Å². The van der Waals surface area contributed by atoms with Crippen LogP contribution in [0.5, 0.6) is 0 Å². The lowest BCUT2D eigenvalue weighted by atomic mass is 9.69. The molecule has 1 N–H and O–H groups in total. The minimum absolute atomic E-state index is 0.263. The Balaban J connectivity index is 2.86. The molecule has 0 aliphatic heterocycles. The van der Waals surface area contributed by atoms with Gasteiger partial charge in [0, 0.05) is 0 Å². The van der Waals surface area contributed by atoms with E-state index in [1.807, 2.05) is 13.8 Å². The molecule has 0 heterocycles. The molecule has 0 aromatic heterocycles. The van der Waals surface area contributed by atoms with Crippen molar-refractivity contribution in [3.05, 3.63) is 0 Å². The molecule has 20 heavy (non-hydrogen) atoms. The molecular weight excluding hydrogens is 252 g/mol. The van der Waals surface area contributed by atoms with E-state index in [0.717, 1.165) is 19.3 Å². The Morgan fingerprint density at radius 1 is 1.20 bits per heavy atom. The van der Waals surface area contributed by atoms with Crippen LogP contribution in [0.3, 0.4) is 0 Å². The van der Waals surface area contributed by atoms with Crippen LogP contribution in [-0.2, 0) is 9.53 Å². The zero-order valence-corrected chi connectivity index (χ0v) is 14.1. The number of ether oxygens (including phenoxy) is 1. The Hall–Kier alpha value is -0.570. The molecule has 3 nitrogen and oxygen atoms in total. The van der Waals surface area contributed by atoms with Crippen LogP contribution < -0.4 is 0 Å². The average Bonchev–Trinajstić information content (AvgIpc) is 2.52. The largest absolute Gasteiger partial charge is 0.465 e. The fourth-order valence-electron chi connectivity index (χ4n) is 3.32. The molecule has 0 bridgehead atoms. The average molecular weight is 284 g/mol. The zero-order valence-electron chi connectivity index (χ0n) is 14.1. The van der Waals surface area contributed by atoms with Gasteiger partial charge in [0.1, 0.15) is 0 Å². The van der Waals surface area contributed by atoms with Crippen LogP contribution in [0.15, 0.2) is 0 Å². The minimum atomic E-state index is -0.945. The van der Waals surface area contributed by atoms with E-state index in [0.29, 0.717) is 25.4 Å². The lowest BCUT2D eigenvalue weighted by molar-refractivity contribution is -0.173. The van der Waals surface area contributed by atoms with Crippen molar-refractivity contribution in [2.24, 2.45) is 16.7 Å². The number of aliphatic hydroxyl groups is 1. The van der Waals surface area contributed by atoms with Crippen LogP contribution in [-0.4, -0.2) is 23.3 Å². The standard InChI is InChI=1S/C17H32O3/c1-7-20-14(18)16(5,6)17(19)11-8-9-13(10-12-17)15(2,3)4/h13,19H,7-12H2,1-6H3. The lowest BCUT2D eigenvalue weighted by Crippen LogP contribution is -2.50. The van der Waals surface area contributed by atoms with Gasteiger partial charge in [-0.1, -0.05) is 27.2 Å². The van der Waals surface area contributed by atoms with Gasteiger partial charge in [0.25, 0.3) is 0 Å².